The Kier molecular flexibility index (Phi) is 19.4. The first-order valence-corrected chi connectivity index (χ1v) is 10.3. The molecule has 8 nitrogen and oxygen atoms in total. The Bertz CT molecular complexity index is 681. The molecule has 2 rings (SSSR count). The largest absolute Gasteiger partial charge is 1.00 e. The van der Waals surface area contributed by atoms with Crippen LogP contribution in [0.25, 0.3) is 0 Å². The van der Waals surface area contributed by atoms with Crippen LogP contribution in [0.15, 0.2) is 33.7 Å². The second-order valence-corrected chi connectivity index (χ2v) is 8.16. The molecule has 2 unspecified atom stereocenters. The smallest absolute Gasteiger partial charge is 0.870 e. The van der Waals surface area contributed by atoms with Gasteiger partial charge in [0.05, 0.1) is 18.9 Å². The van der Waals surface area contributed by atoms with E-state index in [1.54, 1.807) is 11.3 Å². The molecule has 4 N–H and O–H groups in total. The molecule has 11 heteroatoms. The van der Waals surface area contributed by atoms with Crippen LogP contribution in [0.5, 0.6) is 0 Å². The van der Waals surface area contributed by atoms with Crippen molar-refractivity contribution in [1.82, 2.24) is 9.80 Å². The Balaban J connectivity index is -0.000000443. The van der Waals surface area contributed by atoms with Gasteiger partial charge in [0.25, 0.3) is 0 Å². The van der Waals surface area contributed by atoms with E-state index < -0.39 is 11.9 Å². The van der Waals surface area contributed by atoms with Gasteiger partial charge in [0.2, 0.25) is 0 Å². The topological polar surface area (TPSA) is 132 Å². The van der Waals surface area contributed by atoms with E-state index in [1.807, 2.05) is 71.6 Å². The van der Waals surface area contributed by atoms with E-state index in [0.717, 1.165) is 11.1 Å². The van der Waals surface area contributed by atoms with Crippen LogP contribution in [0.4, 0.5) is 0 Å². The molecule has 0 amide bonds. The van der Waals surface area contributed by atoms with Crippen LogP contribution < -0.4 is 18.9 Å². The van der Waals surface area contributed by atoms with Crippen molar-refractivity contribution in [2.45, 2.75) is 11.8 Å². The zero-order chi connectivity index (χ0) is 20.4. The zero-order valence-corrected chi connectivity index (χ0v) is 20.0. The van der Waals surface area contributed by atoms with Crippen molar-refractivity contribution in [2.24, 2.45) is 0 Å². The fourth-order valence-electron chi connectivity index (χ4n) is 2.46. The number of aliphatic carboxylic acids is 1. The maximum atomic E-state index is 11.5. The molecular formula is C19H31LiN2O6S2. The summed E-state index contributed by atoms with van der Waals surface area (Å²) >= 11 is 3.13. The number of likely N-dealkylation sites (N-methyl/N-ethyl adjacent to an activating group) is 2. The van der Waals surface area contributed by atoms with Crippen LogP contribution in [-0.2, 0) is 14.3 Å². The number of carbonyl (C=O) groups excluding carboxylic acids is 1. The van der Waals surface area contributed by atoms with Crippen molar-refractivity contribution < 1.29 is 49.2 Å². The molecule has 0 aliphatic carbocycles. The number of carboxylic acids is 1. The van der Waals surface area contributed by atoms with Crippen LogP contribution in [-0.4, -0.2) is 86.2 Å². The summed E-state index contributed by atoms with van der Waals surface area (Å²) in [6.07, 6.45) is 0. The summed E-state index contributed by atoms with van der Waals surface area (Å²) in [6.45, 7) is 1.23. The van der Waals surface area contributed by atoms with Gasteiger partial charge in [0.1, 0.15) is 0 Å². The Hall–Kier alpha value is -1.22. The minimum Gasteiger partial charge on any atom is -0.870 e. The second kappa shape index (κ2) is 17.5. The average molecular weight is 455 g/mol. The monoisotopic (exact) mass is 454 g/mol. The average Bonchev–Trinajstić information content (AvgIpc) is 3.30. The third-order valence-corrected chi connectivity index (χ3v) is 5.17. The molecule has 0 saturated carbocycles. The van der Waals surface area contributed by atoms with Crippen LogP contribution in [0.1, 0.15) is 23.0 Å². The van der Waals surface area contributed by atoms with Gasteiger partial charge < -0.3 is 30.6 Å². The molecule has 2 heterocycles. The summed E-state index contributed by atoms with van der Waals surface area (Å²) in [6, 6.07) is 3.84. The van der Waals surface area contributed by atoms with Crippen molar-refractivity contribution in [3.05, 3.63) is 44.8 Å². The number of carbonyl (C=O) groups is 2. The summed E-state index contributed by atoms with van der Waals surface area (Å²) in [5.41, 5.74) is 1.93. The first-order valence-electron chi connectivity index (χ1n) is 8.40. The standard InChI is InChI=1S/C10H15NO2S.C9H13NO2S.Li.2H2O/c1-11(2)6-9(10(12)13-3)8-4-5-14-7-8;1-10(2)5-8(9(11)12)7-3-4-13-6-7;;;/h4-5,7,9H,6H2,1-3H3;3-4,6,8H,5H2,1-2H3,(H,11,12);;2*1H2/q;;+1;;/p-1. The van der Waals surface area contributed by atoms with Crippen LogP contribution in [0, 0.1) is 0 Å². The van der Waals surface area contributed by atoms with E-state index in [1.165, 1.54) is 18.4 Å². The number of rotatable bonds is 8. The molecule has 30 heavy (non-hydrogen) atoms. The van der Waals surface area contributed by atoms with Crippen molar-refractivity contribution in [1.29, 1.82) is 0 Å². The summed E-state index contributed by atoms with van der Waals surface area (Å²) in [4.78, 5) is 26.3. The van der Waals surface area contributed by atoms with Gasteiger partial charge in [-0.15, -0.1) is 0 Å². The van der Waals surface area contributed by atoms with Gasteiger partial charge in [-0.05, 0) is 73.0 Å². The minimum absolute atomic E-state index is 0. The fraction of sp³-hybridized carbons (Fsp3) is 0.474. The fourth-order valence-corrected chi connectivity index (χ4v) is 3.89. The quantitative estimate of drug-likeness (QED) is 0.402. The summed E-state index contributed by atoms with van der Waals surface area (Å²) in [7, 11) is 9.08. The number of nitrogens with zero attached hydrogens (tertiary/aromatic N) is 2. The first-order chi connectivity index (χ1) is 12.8. The van der Waals surface area contributed by atoms with E-state index >= 15 is 0 Å². The molecule has 0 bridgehead atoms. The van der Waals surface area contributed by atoms with Crippen LogP contribution in [0.3, 0.4) is 0 Å². The molecule has 2 atom stereocenters. The van der Waals surface area contributed by atoms with Crippen molar-refractivity contribution in [3.63, 3.8) is 0 Å². The number of methoxy groups -OCH3 is 1. The summed E-state index contributed by atoms with van der Waals surface area (Å²) < 4.78 is 4.78. The Morgan fingerprint density at radius 3 is 1.67 bits per heavy atom. The zero-order valence-electron chi connectivity index (χ0n) is 18.4. The van der Waals surface area contributed by atoms with Gasteiger partial charge >= 0.3 is 30.8 Å². The Morgan fingerprint density at radius 2 is 1.37 bits per heavy atom. The maximum absolute atomic E-state index is 11.5. The second-order valence-electron chi connectivity index (χ2n) is 6.60. The summed E-state index contributed by atoms with van der Waals surface area (Å²) in [5.74, 6) is -1.49. The predicted molar refractivity (Wildman–Crippen MR) is 116 cm³/mol. The minimum atomic E-state index is -0.757. The van der Waals surface area contributed by atoms with Gasteiger partial charge in [-0.3, -0.25) is 9.59 Å². The normalized spacial score (nSPS) is 11.7. The SMILES string of the molecule is CN(C)CC(C(=O)O)c1ccsc1.COC(=O)C(CN(C)C)c1ccsc1.O.[Li+].[OH-]. The molecule has 0 saturated heterocycles. The van der Waals surface area contributed by atoms with E-state index in [2.05, 4.69) is 0 Å². The Labute approximate surface area is 198 Å². The number of hydrogen-bond donors (Lipinski definition) is 1. The van der Waals surface area contributed by atoms with Crippen molar-refractivity contribution >= 4 is 34.6 Å². The number of esters is 1. The molecule has 0 aromatic carbocycles. The number of hydrogen-bond acceptors (Lipinski definition) is 8. The van der Waals surface area contributed by atoms with Gasteiger partial charge in [-0.2, -0.15) is 22.7 Å². The van der Waals surface area contributed by atoms with E-state index in [4.69, 9.17) is 9.84 Å². The Morgan fingerprint density at radius 1 is 0.967 bits per heavy atom. The molecule has 0 aliphatic rings. The molecule has 0 aliphatic heterocycles. The predicted octanol–water partition coefficient (Wildman–Crippen LogP) is -0.953. The van der Waals surface area contributed by atoms with Gasteiger partial charge in [-0.25, -0.2) is 0 Å². The van der Waals surface area contributed by atoms with Gasteiger partial charge in [-0.1, -0.05) is 0 Å². The van der Waals surface area contributed by atoms with Crippen LogP contribution in [0.2, 0.25) is 0 Å². The van der Waals surface area contributed by atoms with Crippen molar-refractivity contribution in [2.75, 3.05) is 48.4 Å². The number of carboxylic acid groups (broad SMARTS) is 1. The van der Waals surface area contributed by atoms with Crippen molar-refractivity contribution in [3.8, 4) is 0 Å². The first kappa shape index (κ1) is 33.4. The molecule has 0 radical (unpaired) electrons. The van der Waals surface area contributed by atoms with Gasteiger partial charge in [0, 0.05) is 13.1 Å². The van der Waals surface area contributed by atoms with E-state index in [-0.39, 0.29) is 41.7 Å². The molecule has 166 valence electrons. The molecule has 0 spiro atoms. The molecule has 2 aromatic heterocycles. The van der Waals surface area contributed by atoms with E-state index in [0.29, 0.717) is 13.1 Å². The molecule has 2 aromatic rings. The number of ether oxygens (including phenoxy) is 1. The summed E-state index contributed by atoms with van der Waals surface area (Å²) in [5, 5.41) is 16.7. The van der Waals surface area contributed by atoms with E-state index in [9.17, 15) is 9.59 Å². The van der Waals surface area contributed by atoms with Crippen LogP contribution >= 0.6 is 22.7 Å². The maximum Gasteiger partial charge on any atom is 1.00 e. The number of thiophene rings is 2. The third kappa shape index (κ3) is 11.8. The third-order valence-electron chi connectivity index (χ3n) is 3.77. The molecule has 0 fully saturated rings. The molecular weight excluding hydrogens is 423 g/mol. The van der Waals surface area contributed by atoms with Gasteiger partial charge in [0.15, 0.2) is 0 Å².